The molecule has 1 amide bonds. The molecule has 3 atom stereocenters. The monoisotopic (exact) mass is 479 g/mol. The number of rotatable bonds is 10. The number of carbonyl (C=O) groups is 2. The lowest BCUT2D eigenvalue weighted by molar-refractivity contribution is -0.148. The molecule has 2 aromatic rings. The number of ether oxygens (including phenoxy) is 1. The fourth-order valence-corrected chi connectivity index (χ4v) is 4.75. The number of halogens is 2. The number of carboxylic acid groups (broad SMARTS) is 1. The van der Waals surface area contributed by atoms with Crippen LogP contribution in [0.2, 0.25) is 0 Å². The SMILES string of the molecule is C[C@H](Cc1ccccc1)[C@H](O)/C=C/[C@H]1CC(F)(F)C(=O)N1CCCc1ccc(OC(=O)O)s1. The Balaban J connectivity index is 1.57. The van der Waals surface area contributed by atoms with Crippen LogP contribution in [0.4, 0.5) is 13.6 Å². The molecule has 3 rings (SSSR count). The summed E-state index contributed by atoms with van der Waals surface area (Å²) >= 11 is 1.16. The topological polar surface area (TPSA) is 87.1 Å². The van der Waals surface area contributed by atoms with Gasteiger partial charge in [-0.1, -0.05) is 49.4 Å². The van der Waals surface area contributed by atoms with E-state index in [1.807, 2.05) is 37.3 Å². The molecular weight excluding hydrogens is 452 g/mol. The molecule has 2 N–H and O–H groups in total. The van der Waals surface area contributed by atoms with Crippen LogP contribution in [0.15, 0.2) is 54.6 Å². The van der Waals surface area contributed by atoms with E-state index < -0.39 is 36.6 Å². The predicted octanol–water partition coefficient (Wildman–Crippen LogP) is 4.77. The second-order valence-corrected chi connectivity index (χ2v) is 9.34. The van der Waals surface area contributed by atoms with Crippen molar-refractivity contribution in [1.29, 1.82) is 0 Å². The maximum absolute atomic E-state index is 14.1. The number of aryl methyl sites for hydroxylation is 1. The second kappa shape index (κ2) is 10.9. The van der Waals surface area contributed by atoms with Crippen LogP contribution in [0.25, 0.3) is 0 Å². The van der Waals surface area contributed by atoms with Crippen molar-refractivity contribution in [2.45, 2.75) is 50.7 Å². The molecule has 0 saturated carbocycles. The van der Waals surface area contributed by atoms with Crippen molar-refractivity contribution in [3.8, 4) is 5.06 Å². The van der Waals surface area contributed by atoms with Crippen molar-refractivity contribution < 1.29 is 33.3 Å². The van der Waals surface area contributed by atoms with Crippen LogP contribution in [-0.4, -0.2) is 51.8 Å². The van der Waals surface area contributed by atoms with Crippen molar-refractivity contribution in [3.05, 3.63) is 65.1 Å². The third-order valence-corrected chi connectivity index (χ3v) is 6.62. The van der Waals surface area contributed by atoms with Gasteiger partial charge in [-0.2, -0.15) is 8.78 Å². The zero-order valence-corrected chi connectivity index (χ0v) is 19.0. The van der Waals surface area contributed by atoms with Gasteiger partial charge in [0, 0.05) is 17.8 Å². The van der Waals surface area contributed by atoms with Crippen molar-refractivity contribution in [3.63, 3.8) is 0 Å². The Kier molecular flexibility index (Phi) is 8.20. The summed E-state index contributed by atoms with van der Waals surface area (Å²) in [5.74, 6) is -4.75. The van der Waals surface area contributed by atoms with Crippen LogP contribution in [0, 0.1) is 5.92 Å². The zero-order valence-electron chi connectivity index (χ0n) is 18.2. The van der Waals surface area contributed by atoms with Crippen molar-refractivity contribution in [2.75, 3.05) is 6.54 Å². The highest BCUT2D eigenvalue weighted by molar-refractivity contribution is 7.13. The lowest BCUT2D eigenvalue weighted by atomic mass is 9.95. The zero-order chi connectivity index (χ0) is 24.0. The first-order chi connectivity index (χ1) is 15.7. The fraction of sp³-hybridized carbons (Fsp3) is 0.417. The van der Waals surface area contributed by atoms with Crippen LogP contribution < -0.4 is 4.74 Å². The Morgan fingerprint density at radius 3 is 2.73 bits per heavy atom. The molecule has 0 unspecified atom stereocenters. The number of thiophene rings is 1. The molecule has 1 aromatic carbocycles. The number of benzene rings is 1. The van der Waals surface area contributed by atoms with Crippen molar-refractivity contribution >= 4 is 23.4 Å². The van der Waals surface area contributed by atoms with Gasteiger partial charge in [0.05, 0.1) is 12.1 Å². The molecule has 1 aliphatic heterocycles. The number of carbonyl (C=O) groups excluding carboxylic acids is 1. The van der Waals surface area contributed by atoms with Gasteiger partial charge in [-0.05, 0) is 42.9 Å². The highest BCUT2D eigenvalue weighted by atomic mass is 32.1. The minimum absolute atomic E-state index is 0.115. The van der Waals surface area contributed by atoms with Gasteiger partial charge in [-0.25, -0.2) is 4.79 Å². The average molecular weight is 480 g/mol. The van der Waals surface area contributed by atoms with Gasteiger partial charge in [-0.15, -0.1) is 11.3 Å². The second-order valence-electron chi connectivity index (χ2n) is 8.21. The largest absolute Gasteiger partial charge is 0.512 e. The number of alkyl halides is 2. The summed E-state index contributed by atoms with van der Waals surface area (Å²) in [6.07, 6.45) is 1.76. The molecule has 0 aliphatic carbocycles. The Hall–Kier alpha value is -2.78. The summed E-state index contributed by atoms with van der Waals surface area (Å²) in [4.78, 5) is 24.8. The minimum Gasteiger partial charge on any atom is -0.449 e. The molecular formula is C24H27F2NO5S. The van der Waals surface area contributed by atoms with E-state index in [4.69, 9.17) is 5.11 Å². The number of amides is 1. The third kappa shape index (κ3) is 6.85. The quantitative estimate of drug-likeness (QED) is 0.379. The van der Waals surface area contributed by atoms with E-state index in [1.54, 1.807) is 6.07 Å². The lowest BCUT2D eigenvalue weighted by Gasteiger charge is -2.22. The summed E-state index contributed by atoms with van der Waals surface area (Å²) < 4.78 is 32.8. The molecule has 178 valence electrons. The summed E-state index contributed by atoms with van der Waals surface area (Å²) in [6.45, 7) is 2.02. The van der Waals surface area contributed by atoms with E-state index in [9.17, 15) is 23.5 Å². The van der Waals surface area contributed by atoms with E-state index in [0.29, 0.717) is 19.3 Å². The van der Waals surface area contributed by atoms with E-state index >= 15 is 0 Å². The number of aliphatic hydroxyl groups is 1. The molecule has 1 aromatic heterocycles. The lowest BCUT2D eigenvalue weighted by Crippen LogP contribution is -2.37. The van der Waals surface area contributed by atoms with E-state index in [0.717, 1.165) is 26.7 Å². The summed E-state index contributed by atoms with van der Waals surface area (Å²) in [5, 5.41) is 19.4. The Bertz CT molecular complexity index is 978. The number of hydrogen-bond acceptors (Lipinski definition) is 5. The Labute approximate surface area is 195 Å². The van der Waals surface area contributed by atoms with E-state index in [1.165, 1.54) is 18.2 Å². The van der Waals surface area contributed by atoms with Crippen molar-refractivity contribution in [1.82, 2.24) is 4.90 Å². The molecule has 6 nitrogen and oxygen atoms in total. The van der Waals surface area contributed by atoms with Gasteiger partial charge < -0.3 is 19.8 Å². The molecule has 1 fully saturated rings. The molecule has 0 bridgehead atoms. The fourth-order valence-electron chi connectivity index (χ4n) is 3.86. The maximum Gasteiger partial charge on any atom is 0.512 e. The minimum atomic E-state index is -3.43. The van der Waals surface area contributed by atoms with E-state index in [2.05, 4.69) is 4.74 Å². The number of likely N-dealkylation sites (tertiary alicyclic amines) is 1. The maximum atomic E-state index is 14.1. The van der Waals surface area contributed by atoms with Crippen LogP contribution in [-0.2, 0) is 17.6 Å². The number of hydrogen-bond donors (Lipinski definition) is 2. The number of nitrogens with zero attached hydrogens (tertiary/aromatic N) is 1. The first kappa shape index (κ1) is 24.9. The van der Waals surface area contributed by atoms with Gasteiger partial charge in [0.1, 0.15) is 0 Å². The van der Waals surface area contributed by atoms with Crippen LogP contribution in [0.3, 0.4) is 0 Å². The first-order valence-electron chi connectivity index (χ1n) is 10.7. The molecule has 1 saturated heterocycles. The highest BCUT2D eigenvalue weighted by Gasteiger charge is 2.52. The number of aliphatic hydroxyl groups excluding tert-OH is 1. The molecule has 9 heteroatoms. The summed E-state index contributed by atoms with van der Waals surface area (Å²) in [6, 6.07) is 12.1. The predicted molar refractivity (Wildman–Crippen MR) is 121 cm³/mol. The first-order valence-corrected chi connectivity index (χ1v) is 11.6. The summed E-state index contributed by atoms with van der Waals surface area (Å²) in [7, 11) is 0. The molecule has 33 heavy (non-hydrogen) atoms. The van der Waals surface area contributed by atoms with E-state index in [-0.39, 0.29) is 17.5 Å². The molecule has 0 spiro atoms. The smallest absolute Gasteiger partial charge is 0.449 e. The van der Waals surface area contributed by atoms with Crippen LogP contribution >= 0.6 is 11.3 Å². The van der Waals surface area contributed by atoms with Gasteiger partial charge in [0.15, 0.2) is 5.06 Å². The molecule has 0 radical (unpaired) electrons. The Morgan fingerprint density at radius 1 is 1.30 bits per heavy atom. The van der Waals surface area contributed by atoms with Gasteiger partial charge >= 0.3 is 12.1 Å². The standard InChI is InChI=1S/C24H27F2NO5S/c1-16(14-17-6-3-2-4-7-17)20(28)11-9-18-15-24(25,26)22(29)27(18)13-5-8-19-10-12-21(33-19)32-23(30)31/h2-4,6-7,9-12,16,18,20,28H,5,8,13-15H2,1H3,(H,30,31)/b11-9+/t16-,18+,20-/m1/s1. The third-order valence-electron chi connectivity index (χ3n) is 5.60. The van der Waals surface area contributed by atoms with Gasteiger partial charge in [0.25, 0.3) is 5.91 Å². The molecule has 1 aliphatic rings. The Morgan fingerprint density at radius 2 is 2.03 bits per heavy atom. The highest BCUT2D eigenvalue weighted by Crippen LogP contribution is 2.35. The van der Waals surface area contributed by atoms with Gasteiger partial charge in [0.2, 0.25) is 0 Å². The normalized spacial score (nSPS) is 19.7. The van der Waals surface area contributed by atoms with Crippen molar-refractivity contribution in [2.24, 2.45) is 5.92 Å². The molecule has 2 heterocycles. The average Bonchev–Trinajstić information content (AvgIpc) is 3.28. The summed E-state index contributed by atoms with van der Waals surface area (Å²) in [5.41, 5.74) is 1.08. The van der Waals surface area contributed by atoms with Gasteiger partial charge in [-0.3, -0.25) is 4.79 Å². The van der Waals surface area contributed by atoms with Crippen LogP contribution in [0.1, 0.15) is 30.2 Å². The van der Waals surface area contributed by atoms with Crippen LogP contribution in [0.5, 0.6) is 5.06 Å².